The predicted molar refractivity (Wildman–Crippen MR) is 79.1 cm³/mol. The van der Waals surface area contributed by atoms with E-state index in [4.69, 9.17) is 15.7 Å². The van der Waals surface area contributed by atoms with Gasteiger partial charge in [0.05, 0.1) is 17.2 Å². The van der Waals surface area contributed by atoms with Crippen LogP contribution in [0.3, 0.4) is 0 Å². The van der Waals surface area contributed by atoms with Crippen molar-refractivity contribution in [2.45, 2.75) is 32.6 Å². The van der Waals surface area contributed by atoms with Crippen molar-refractivity contribution < 1.29 is 4.74 Å². The van der Waals surface area contributed by atoms with Crippen LogP contribution in [-0.4, -0.2) is 9.97 Å². The Kier molecular flexibility index (Phi) is 3.22. The van der Waals surface area contributed by atoms with Crippen LogP contribution in [0.2, 0.25) is 0 Å². The first-order valence-corrected chi connectivity index (χ1v) is 6.91. The van der Waals surface area contributed by atoms with Gasteiger partial charge in [0.25, 0.3) is 0 Å². The number of rotatable bonds is 3. The molecule has 0 atom stereocenters. The Morgan fingerprint density at radius 2 is 2.05 bits per heavy atom. The van der Waals surface area contributed by atoms with Crippen molar-refractivity contribution in [3.05, 3.63) is 40.7 Å². The molecule has 1 aliphatic carbocycles. The summed E-state index contributed by atoms with van der Waals surface area (Å²) in [6, 6.07) is 7.44. The van der Waals surface area contributed by atoms with Crippen LogP contribution in [-0.2, 0) is 0 Å². The van der Waals surface area contributed by atoms with E-state index in [-0.39, 0.29) is 0 Å². The highest BCUT2D eigenvalue weighted by Crippen LogP contribution is 2.40. The lowest BCUT2D eigenvalue weighted by Crippen LogP contribution is -2.04. The molecule has 3 rings (SSSR count). The van der Waals surface area contributed by atoms with Crippen molar-refractivity contribution >= 4 is 5.82 Å². The highest BCUT2D eigenvalue weighted by molar-refractivity contribution is 5.49. The van der Waals surface area contributed by atoms with Gasteiger partial charge in [-0.1, -0.05) is 6.07 Å². The maximum atomic E-state index is 8.99. The summed E-state index contributed by atoms with van der Waals surface area (Å²) >= 11 is 0. The fourth-order valence-electron chi connectivity index (χ4n) is 2.04. The third kappa shape index (κ3) is 2.65. The van der Waals surface area contributed by atoms with Gasteiger partial charge in [0.2, 0.25) is 5.88 Å². The molecule has 0 unspecified atom stereocenters. The van der Waals surface area contributed by atoms with E-state index in [1.807, 2.05) is 19.9 Å². The number of aryl methyl sites for hydroxylation is 1. The van der Waals surface area contributed by atoms with E-state index in [0.717, 1.165) is 29.8 Å². The van der Waals surface area contributed by atoms with E-state index in [9.17, 15) is 0 Å². The second kappa shape index (κ2) is 5.06. The van der Waals surface area contributed by atoms with Crippen LogP contribution in [0.15, 0.2) is 18.2 Å². The number of hydrogen-bond donors (Lipinski definition) is 1. The quantitative estimate of drug-likeness (QED) is 0.933. The zero-order valence-corrected chi connectivity index (χ0v) is 12.1. The average molecular weight is 280 g/mol. The fourth-order valence-corrected chi connectivity index (χ4v) is 2.04. The van der Waals surface area contributed by atoms with Gasteiger partial charge in [-0.3, -0.25) is 0 Å². The van der Waals surface area contributed by atoms with Gasteiger partial charge in [0, 0.05) is 5.92 Å². The Morgan fingerprint density at radius 1 is 1.29 bits per heavy atom. The van der Waals surface area contributed by atoms with Crippen LogP contribution in [0.5, 0.6) is 11.6 Å². The number of benzene rings is 1. The smallest absolute Gasteiger partial charge is 0.227 e. The van der Waals surface area contributed by atoms with Crippen molar-refractivity contribution in [1.82, 2.24) is 9.97 Å². The number of nitriles is 1. The first kappa shape index (κ1) is 13.4. The molecule has 0 saturated heterocycles. The van der Waals surface area contributed by atoms with Crippen molar-refractivity contribution in [3.8, 4) is 17.7 Å². The normalized spacial score (nSPS) is 13.8. The van der Waals surface area contributed by atoms with Crippen molar-refractivity contribution in [3.63, 3.8) is 0 Å². The van der Waals surface area contributed by atoms with E-state index < -0.39 is 0 Å². The average Bonchev–Trinajstić information content (AvgIpc) is 3.30. The lowest BCUT2D eigenvalue weighted by atomic mass is 10.1. The van der Waals surface area contributed by atoms with Gasteiger partial charge in [-0.05, 0) is 44.4 Å². The topological polar surface area (TPSA) is 84.8 Å². The molecule has 1 heterocycles. The minimum atomic E-state index is 0.404. The maximum absolute atomic E-state index is 8.99. The Bertz CT molecular complexity index is 745. The molecule has 2 aromatic rings. The molecule has 21 heavy (non-hydrogen) atoms. The summed E-state index contributed by atoms with van der Waals surface area (Å²) in [6.45, 7) is 3.77. The molecule has 0 bridgehead atoms. The van der Waals surface area contributed by atoms with Crippen LogP contribution < -0.4 is 10.5 Å². The van der Waals surface area contributed by atoms with Gasteiger partial charge in [-0.15, -0.1) is 0 Å². The molecule has 0 aliphatic heterocycles. The minimum absolute atomic E-state index is 0.404. The molecule has 106 valence electrons. The van der Waals surface area contributed by atoms with Crippen molar-refractivity contribution in [2.24, 2.45) is 0 Å². The molecule has 1 aromatic heterocycles. The number of ether oxygens (including phenoxy) is 1. The number of hydrogen-bond acceptors (Lipinski definition) is 5. The molecule has 1 saturated carbocycles. The summed E-state index contributed by atoms with van der Waals surface area (Å²) in [5, 5.41) is 8.99. The van der Waals surface area contributed by atoms with E-state index >= 15 is 0 Å². The molecule has 1 aliphatic rings. The SMILES string of the molecule is Cc1ccc(C#N)cc1Oc1nc(C2CC2)nc(N)c1C. The van der Waals surface area contributed by atoms with Crippen molar-refractivity contribution in [1.29, 1.82) is 5.26 Å². The number of nitrogens with zero attached hydrogens (tertiary/aromatic N) is 3. The largest absolute Gasteiger partial charge is 0.438 e. The van der Waals surface area contributed by atoms with E-state index in [1.165, 1.54) is 0 Å². The van der Waals surface area contributed by atoms with Crippen LogP contribution in [0.1, 0.15) is 41.3 Å². The van der Waals surface area contributed by atoms with Crippen LogP contribution in [0, 0.1) is 25.2 Å². The maximum Gasteiger partial charge on any atom is 0.227 e. The Morgan fingerprint density at radius 3 is 2.71 bits per heavy atom. The molecule has 5 heteroatoms. The molecule has 0 amide bonds. The van der Waals surface area contributed by atoms with Crippen molar-refractivity contribution in [2.75, 3.05) is 5.73 Å². The van der Waals surface area contributed by atoms with Crippen LogP contribution in [0.4, 0.5) is 5.82 Å². The standard InChI is InChI=1S/C16H16N4O/c1-9-3-4-11(8-17)7-13(9)21-16-10(2)14(18)19-15(20-16)12-5-6-12/h3-4,7,12H,5-6H2,1-2H3,(H2,18,19,20). The molecule has 1 fully saturated rings. The summed E-state index contributed by atoms with van der Waals surface area (Å²) in [7, 11) is 0. The molecular weight excluding hydrogens is 264 g/mol. The lowest BCUT2D eigenvalue weighted by Gasteiger charge is -2.12. The van der Waals surface area contributed by atoms with Crippen LogP contribution in [0.25, 0.3) is 0 Å². The highest BCUT2D eigenvalue weighted by atomic mass is 16.5. The summed E-state index contributed by atoms with van der Waals surface area (Å²) in [5.41, 5.74) is 8.17. The summed E-state index contributed by atoms with van der Waals surface area (Å²) in [4.78, 5) is 8.82. The Balaban J connectivity index is 1.99. The first-order valence-electron chi connectivity index (χ1n) is 6.91. The summed E-state index contributed by atoms with van der Waals surface area (Å²) in [6.07, 6.45) is 2.20. The molecule has 2 N–H and O–H groups in total. The monoisotopic (exact) mass is 280 g/mol. The fraction of sp³-hybridized carbons (Fsp3) is 0.312. The van der Waals surface area contributed by atoms with E-state index in [0.29, 0.717) is 28.9 Å². The zero-order chi connectivity index (χ0) is 15.0. The number of anilines is 1. The van der Waals surface area contributed by atoms with Gasteiger partial charge in [-0.25, -0.2) is 4.98 Å². The van der Waals surface area contributed by atoms with Crippen LogP contribution >= 0.6 is 0 Å². The van der Waals surface area contributed by atoms with Gasteiger partial charge in [0.15, 0.2) is 0 Å². The second-order valence-corrected chi connectivity index (χ2v) is 5.37. The third-order valence-corrected chi connectivity index (χ3v) is 3.62. The Labute approximate surface area is 123 Å². The first-order chi connectivity index (χ1) is 10.1. The third-order valence-electron chi connectivity index (χ3n) is 3.62. The van der Waals surface area contributed by atoms with Gasteiger partial charge < -0.3 is 10.5 Å². The molecule has 5 nitrogen and oxygen atoms in total. The Hall–Kier alpha value is -2.61. The second-order valence-electron chi connectivity index (χ2n) is 5.37. The van der Waals surface area contributed by atoms with E-state index in [1.54, 1.807) is 12.1 Å². The molecule has 1 aromatic carbocycles. The van der Waals surface area contributed by atoms with E-state index in [2.05, 4.69) is 16.0 Å². The summed E-state index contributed by atoms with van der Waals surface area (Å²) < 4.78 is 5.90. The zero-order valence-electron chi connectivity index (χ0n) is 12.1. The number of nitrogens with two attached hydrogens (primary N) is 1. The minimum Gasteiger partial charge on any atom is -0.438 e. The van der Waals surface area contributed by atoms with Gasteiger partial charge >= 0.3 is 0 Å². The predicted octanol–water partition coefficient (Wildman–Crippen LogP) is 3.22. The van der Waals surface area contributed by atoms with Gasteiger partial charge in [-0.2, -0.15) is 10.2 Å². The number of nitrogen functional groups attached to an aromatic ring is 1. The lowest BCUT2D eigenvalue weighted by molar-refractivity contribution is 0.451. The molecular formula is C16H16N4O. The molecule has 0 spiro atoms. The van der Waals surface area contributed by atoms with Gasteiger partial charge in [0.1, 0.15) is 17.4 Å². The highest BCUT2D eigenvalue weighted by Gasteiger charge is 2.28. The summed E-state index contributed by atoms with van der Waals surface area (Å²) in [5.74, 6) is 2.71. The molecule has 0 radical (unpaired) electrons. The number of aromatic nitrogens is 2.